The lowest BCUT2D eigenvalue weighted by atomic mass is 10.2. The monoisotopic (exact) mass is 246 g/mol. The summed E-state index contributed by atoms with van der Waals surface area (Å²) in [5.41, 5.74) is 0.536. The molecule has 0 radical (unpaired) electrons. The molecule has 1 aromatic carbocycles. The van der Waals surface area contributed by atoms with Gasteiger partial charge < -0.3 is 13.9 Å². The van der Waals surface area contributed by atoms with E-state index < -0.39 is 6.10 Å². The highest BCUT2D eigenvalue weighted by Gasteiger charge is 2.18. The van der Waals surface area contributed by atoms with Gasteiger partial charge in [-0.05, 0) is 43.3 Å². The Balaban J connectivity index is 2.03. The molecule has 18 heavy (non-hydrogen) atoms. The molecule has 1 N–H and O–H groups in total. The van der Waals surface area contributed by atoms with Crippen LogP contribution in [0.4, 0.5) is 4.39 Å². The third-order valence-electron chi connectivity index (χ3n) is 2.80. The average Bonchev–Trinajstić information content (AvgIpc) is 2.93. The lowest BCUT2D eigenvalue weighted by Crippen LogP contribution is -1.95. The van der Waals surface area contributed by atoms with E-state index in [1.165, 1.54) is 18.2 Å². The fraction of sp³-hybridized carbons (Fsp3) is 0.143. The van der Waals surface area contributed by atoms with Gasteiger partial charge in [0.25, 0.3) is 0 Å². The highest BCUT2D eigenvalue weighted by atomic mass is 19.1. The smallest absolute Gasteiger partial charge is 0.169 e. The Morgan fingerprint density at radius 1 is 1.06 bits per heavy atom. The SMILES string of the molecule is Cc1ccc(C(O)c2cc3cc(F)ccc3o2)o1. The van der Waals surface area contributed by atoms with Gasteiger partial charge in [-0.3, -0.25) is 0 Å². The number of hydrogen-bond donors (Lipinski definition) is 1. The number of aliphatic hydroxyl groups excluding tert-OH is 1. The van der Waals surface area contributed by atoms with Gasteiger partial charge in [0.05, 0.1) is 0 Å². The van der Waals surface area contributed by atoms with Gasteiger partial charge in [0.2, 0.25) is 0 Å². The first kappa shape index (κ1) is 11.0. The quantitative estimate of drug-likeness (QED) is 0.752. The second-order valence-corrected chi connectivity index (χ2v) is 4.18. The van der Waals surface area contributed by atoms with Crippen molar-refractivity contribution in [3.05, 3.63) is 59.5 Å². The number of rotatable bonds is 2. The van der Waals surface area contributed by atoms with Gasteiger partial charge in [0.1, 0.15) is 28.7 Å². The predicted octanol–water partition coefficient (Wildman–Crippen LogP) is 3.56. The Kier molecular flexibility index (Phi) is 2.45. The molecule has 0 spiro atoms. The van der Waals surface area contributed by atoms with Crippen molar-refractivity contribution in [2.24, 2.45) is 0 Å². The number of aliphatic hydroxyl groups is 1. The minimum Gasteiger partial charge on any atom is -0.463 e. The second-order valence-electron chi connectivity index (χ2n) is 4.18. The first-order valence-corrected chi connectivity index (χ1v) is 5.57. The summed E-state index contributed by atoms with van der Waals surface area (Å²) in [6, 6.07) is 9.28. The van der Waals surface area contributed by atoms with Crippen LogP contribution in [0, 0.1) is 12.7 Å². The second kappa shape index (κ2) is 3.99. The van der Waals surface area contributed by atoms with E-state index >= 15 is 0 Å². The molecule has 92 valence electrons. The van der Waals surface area contributed by atoms with Crippen LogP contribution in [0.3, 0.4) is 0 Å². The van der Waals surface area contributed by atoms with Crippen molar-refractivity contribution in [1.82, 2.24) is 0 Å². The standard InChI is InChI=1S/C14H11FO3/c1-8-2-4-12(17-8)14(16)13-7-9-6-10(15)3-5-11(9)18-13/h2-7,14,16H,1H3. The van der Waals surface area contributed by atoms with E-state index in [1.54, 1.807) is 25.1 Å². The fourth-order valence-electron chi connectivity index (χ4n) is 1.91. The minimum absolute atomic E-state index is 0.335. The fourth-order valence-corrected chi connectivity index (χ4v) is 1.91. The number of furan rings is 2. The van der Waals surface area contributed by atoms with E-state index in [9.17, 15) is 9.50 Å². The van der Waals surface area contributed by atoms with Crippen molar-refractivity contribution >= 4 is 11.0 Å². The van der Waals surface area contributed by atoms with Crippen LogP contribution in [-0.4, -0.2) is 5.11 Å². The summed E-state index contributed by atoms with van der Waals surface area (Å²) in [5, 5.41) is 10.7. The molecule has 0 aliphatic heterocycles. The van der Waals surface area contributed by atoms with E-state index in [2.05, 4.69) is 0 Å². The average molecular weight is 246 g/mol. The van der Waals surface area contributed by atoms with Gasteiger partial charge in [-0.1, -0.05) is 0 Å². The topological polar surface area (TPSA) is 46.5 Å². The van der Waals surface area contributed by atoms with E-state index in [0.717, 1.165) is 0 Å². The molecule has 0 saturated carbocycles. The maximum atomic E-state index is 13.1. The number of aryl methyl sites for hydroxylation is 1. The van der Waals surface area contributed by atoms with Gasteiger partial charge in [0.15, 0.2) is 6.10 Å². The third-order valence-corrected chi connectivity index (χ3v) is 2.80. The van der Waals surface area contributed by atoms with E-state index in [1.807, 2.05) is 0 Å². The zero-order valence-electron chi connectivity index (χ0n) is 9.68. The molecule has 0 fully saturated rings. The molecular formula is C14H11FO3. The van der Waals surface area contributed by atoms with Crippen LogP contribution in [0.15, 0.2) is 45.2 Å². The molecule has 1 atom stereocenters. The van der Waals surface area contributed by atoms with E-state index in [0.29, 0.717) is 28.2 Å². The highest BCUT2D eigenvalue weighted by molar-refractivity contribution is 5.78. The molecule has 1 unspecified atom stereocenters. The Bertz CT molecular complexity index is 696. The first-order valence-electron chi connectivity index (χ1n) is 5.57. The van der Waals surface area contributed by atoms with Crippen molar-refractivity contribution in [3.8, 4) is 0 Å². The number of benzene rings is 1. The van der Waals surface area contributed by atoms with Crippen molar-refractivity contribution in [3.63, 3.8) is 0 Å². The maximum absolute atomic E-state index is 13.1. The zero-order valence-corrected chi connectivity index (χ0v) is 9.68. The van der Waals surface area contributed by atoms with Gasteiger partial charge >= 0.3 is 0 Å². The molecule has 0 aliphatic carbocycles. The van der Waals surface area contributed by atoms with Crippen LogP contribution in [0.5, 0.6) is 0 Å². The molecule has 0 amide bonds. The molecule has 3 nitrogen and oxygen atoms in total. The lowest BCUT2D eigenvalue weighted by molar-refractivity contribution is 0.163. The number of halogens is 1. The van der Waals surface area contributed by atoms with Crippen LogP contribution in [0.25, 0.3) is 11.0 Å². The molecule has 2 aromatic heterocycles. The van der Waals surface area contributed by atoms with Gasteiger partial charge in [-0.25, -0.2) is 4.39 Å². The van der Waals surface area contributed by atoms with Crippen LogP contribution < -0.4 is 0 Å². The van der Waals surface area contributed by atoms with Gasteiger partial charge in [-0.15, -0.1) is 0 Å². The lowest BCUT2D eigenvalue weighted by Gasteiger charge is -2.02. The number of hydrogen-bond acceptors (Lipinski definition) is 3. The van der Waals surface area contributed by atoms with Crippen LogP contribution in [-0.2, 0) is 0 Å². The summed E-state index contributed by atoms with van der Waals surface area (Å²) in [6.45, 7) is 1.80. The predicted molar refractivity (Wildman–Crippen MR) is 63.7 cm³/mol. The molecule has 0 saturated heterocycles. The summed E-state index contributed by atoms with van der Waals surface area (Å²) >= 11 is 0. The molecule has 4 heteroatoms. The van der Waals surface area contributed by atoms with Crippen LogP contribution >= 0.6 is 0 Å². The van der Waals surface area contributed by atoms with Crippen LogP contribution in [0.1, 0.15) is 23.4 Å². The number of fused-ring (bicyclic) bond motifs is 1. The summed E-state index contributed by atoms with van der Waals surface area (Å²) < 4.78 is 23.9. The van der Waals surface area contributed by atoms with Crippen molar-refractivity contribution in [2.45, 2.75) is 13.0 Å². The minimum atomic E-state index is -0.978. The molecule has 0 bridgehead atoms. The van der Waals surface area contributed by atoms with Crippen molar-refractivity contribution < 1.29 is 18.3 Å². The van der Waals surface area contributed by atoms with Crippen LogP contribution in [0.2, 0.25) is 0 Å². The summed E-state index contributed by atoms with van der Waals surface area (Å²) in [4.78, 5) is 0. The largest absolute Gasteiger partial charge is 0.463 e. The summed E-state index contributed by atoms with van der Waals surface area (Å²) in [7, 11) is 0. The first-order chi connectivity index (χ1) is 8.63. The Labute approximate surface area is 102 Å². The normalized spacial score (nSPS) is 13.1. The summed E-state index contributed by atoms with van der Waals surface area (Å²) in [6.07, 6.45) is -0.978. The Hall–Kier alpha value is -2.07. The molecule has 2 heterocycles. The molecule has 3 aromatic rings. The molecule has 3 rings (SSSR count). The van der Waals surface area contributed by atoms with Crippen molar-refractivity contribution in [2.75, 3.05) is 0 Å². The third kappa shape index (κ3) is 1.80. The Morgan fingerprint density at radius 2 is 1.89 bits per heavy atom. The molecular weight excluding hydrogens is 235 g/mol. The van der Waals surface area contributed by atoms with Gasteiger partial charge in [0, 0.05) is 5.39 Å². The summed E-state index contributed by atoms with van der Waals surface area (Å²) in [5.74, 6) is 1.13. The highest BCUT2D eigenvalue weighted by Crippen LogP contribution is 2.29. The van der Waals surface area contributed by atoms with Gasteiger partial charge in [-0.2, -0.15) is 0 Å². The van der Waals surface area contributed by atoms with Crippen molar-refractivity contribution in [1.29, 1.82) is 0 Å². The Morgan fingerprint density at radius 3 is 2.61 bits per heavy atom. The molecule has 0 aliphatic rings. The maximum Gasteiger partial charge on any atom is 0.169 e. The van der Waals surface area contributed by atoms with E-state index in [4.69, 9.17) is 8.83 Å². The zero-order chi connectivity index (χ0) is 12.7. The van der Waals surface area contributed by atoms with E-state index in [-0.39, 0.29) is 5.82 Å².